The highest BCUT2D eigenvalue weighted by Crippen LogP contribution is 2.59. The molecule has 2 heterocycles. The zero-order valence-corrected chi connectivity index (χ0v) is 21.4. The number of carbonyl (C=O) groups is 2. The fourth-order valence-corrected chi connectivity index (χ4v) is 7.28. The second-order valence-electron chi connectivity index (χ2n) is 12.1. The number of hydrogen-bond donors (Lipinski definition) is 1. The van der Waals surface area contributed by atoms with Crippen LogP contribution in [0.4, 0.5) is 10.6 Å². The highest BCUT2D eigenvalue weighted by molar-refractivity contribution is 6.33. The molecule has 1 aliphatic heterocycles. The van der Waals surface area contributed by atoms with E-state index in [4.69, 9.17) is 16.3 Å². The van der Waals surface area contributed by atoms with E-state index in [0.29, 0.717) is 42.6 Å². The van der Waals surface area contributed by atoms with E-state index in [2.05, 4.69) is 15.2 Å². The first kappa shape index (κ1) is 23.7. The Labute approximate surface area is 207 Å². The third kappa shape index (κ3) is 5.00. The maximum atomic E-state index is 13.2. The summed E-state index contributed by atoms with van der Waals surface area (Å²) in [4.78, 5) is 33.8. The molecule has 1 aromatic heterocycles. The van der Waals surface area contributed by atoms with Crippen LogP contribution in [0, 0.1) is 23.2 Å². The molecule has 5 aliphatic rings. The van der Waals surface area contributed by atoms with Gasteiger partial charge < -0.3 is 19.9 Å². The number of carbonyl (C=O) groups excluding carboxylic acids is 2. The van der Waals surface area contributed by atoms with Crippen LogP contribution in [0.3, 0.4) is 0 Å². The summed E-state index contributed by atoms with van der Waals surface area (Å²) in [6.07, 6.45) is 9.25. The smallest absolute Gasteiger partial charge is 0.410 e. The van der Waals surface area contributed by atoms with Crippen LogP contribution in [0.25, 0.3) is 0 Å². The number of nitrogens with one attached hydrogen (secondary N) is 1. The van der Waals surface area contributed by atoms with Crippen molar-refractivity contribution in [1.82, 2.24) is 15.2 Å². The summed E-state index contributed by atoms with van der Waals surface area (Å²) in [5.74, 6) is 3.18. The van der Waals surface area contributed by atoms with Crippen molar-refractivity contribution >= 4 is 29.4 Å². The number of aromatic nitrogens is 1. The molecule has 186 valence electrons. The van der Waals surface area contributed by atoms with Crippen molar-refractivity contribution in [3.63, 3.8) is 0 Å². The van der Waals surface area contributed by atoms with Gasteiger partial charge in [-0.05, 0) is 88.5 Å². The lowest BCUT2D eigenvalue weighted by molar-refractivity contribution is -0.0503. The molecule has 2 amide bonds. The van der Waals surface area contributed by atoms with E-state index >= 15 is 0 Å². The molecular formula is C26H37ClN4O3. The number of pyridine rings is 1. The normalized spacial score (nSPS) is 30.4. The molecule has 0 aromatic carbocycles. The van der Waals surface area contributed by atoms with Crippen LogP contribution in [0.1, 0.15) is 69.7 Å². The maximum absolute atomic E-state index is 13.2. The van der Waals surface area contributed by atoms with E-state index in [1.165, 1.54) is 38.5 Å². The number of anilines is 1. The molecule has 5 fully saturated rings. The summed E-state index contributed by atoms with van der Waals surface area (Å²) in [6.45, 7) is 8.71. The fraction of sp³-hybridized carbons (Fsp3) is 0.731. The van der Waals surface area contributed by atoms with E-state index in [0.717, 1.165) is 24.3 Å². The predicted octanol–water partition coefficient (Wildman–Crippen LogP) is 4.74. The summed E-state index contributed by atoms with van der Waals surface area (Å²) in [7, 11) is 0. The first-order valence-corrected chi connectivity index (χ1v) is 13.1. The minimum Gasteiger partial charge on any atom is -0.444 e. The summed E-state index contributed by atoms with van der Waals surface area (Å²) in [6, 6.07) is 1.79. The summed E-state index contributed by atoms with van der Waals surface area (Å²) >= 11 is 6.40. The molecule has 0 atom stereocenters. The fourth-order valence-electron chi connectivity index (χ4n) is 7.09. The molecular weight excluding hydrogens is 452 g/mol. The van der Waals surface area contributed by atoms with Crippen LogP contribution in [0.2, 0.25) is 5.02 Å². The zero-order chi connectivity index (χ0) is 24.1. The van der Waals surface area contributed by atoms with Gasteiger partial charge in [-0.25, -0.2) is 9.78 Å². The van der Waals surface area contributed by atoms with Gasteiger partial charge in [-0.3, -0.25) is 4.79 Å². The molecule has 34 heavy (non-hydrogen) atoms. The standard InChI is InChI=1S/C26H37ClN4O3/c1-25(2,3)34-24(33)31-6-4-30(5-7-31)22-11-20(21(27)15-28-22)23(32)29-16-26-12-17-8-18(13-26)10-19(9-17)14-26/h11,15,17-19H,4-10,12-14,16H2,1-3H3,(H,29,32). The Balaban J connectivity index is 1.20. The molecule has 0 spiro atoms. The van der Waals surface area contributed by atoms with E-state index in [-0.39, 0.29) is 17.4 Å². The van der Waals surface area contributed by atoms with Gasteiger partial charge in [-0.1, -0.05) is 11.6 Å². The lowest BCUT2D eigenvalue weighted by atomic mass is 9.49. The van der Waals surface area contributed by atoms with E-state index in [9.17, 15) is 9.59 Å². The van der Waals surface area contributed by atoms with Crippen molar-refractivity contribution in [1.29, 1.82) is 0 Å². The lowest BCUT2D eigenvalue weighted by Gasteiger charge is -2.56. The Bertz CT molecular complexity index is 917. The van der Waals surface area contributed by atoms with Gasteiger partial charge in [0.1, 0.15) is 11.4 Å². The van der Waals surface area contributed by atoms with Crippen LogP contribution >= 0.6 is 11.6 Å². The van der Waals surface area contributed by atoms with Crippen molar-refractivity contribution in [3.8, 4) is 0 Å². The van der Waals surface area contributed by atoms with Crippen molar-refractivity contribution in [2.24, 2.45) is 23.2 Å². The third-order valence-corrected chi connectivity index (χ3v) is 8.43. The van der Waals surface area contributed by atoms with Crippen molar-refractivity contribution in [2.75, 3.05) is 37.6 Å². The Hall–Kier alpha value is -2.02. The average Bonchev–Trinajstić information content (AvgIpc) is 2.76. The first-order chi connectivity index (χ1) is 16.1. The molecule has 0 unspecified atom stereocenters. The third-order valence-electron chi connectivity index (χ3n) is 8.13. The minimum absolute atomic E-state index is 0.114. The van der Waals surface area contributed by atoms with Crippen molar-refractivity contribution in [3.05, 3.63) is 22.8 Å². The number of nitrogens with zero attached hydrogens (tertiary/aromatic N) is 3. The van der Waals surface area contributed by atoms with Gasteiger partial charge in [-0.15, -0.1) is 0 Å². The monoisotopic (exact) mass is 488 g/mol. The van der Waals surface area contributed by atoms with Gasteiger partial charge in [0, 0.05) is 38.9 Å². The van der Waals surface area contributed by atoms with Gasteiger partial charge in [0.05, 0.1) is 10.6 Å². The highest BCUT2D eigenvalue weighted by Gasteiger charge is 2.50. The van der Waals surface area contributed by atoms with Gasteiger partial charge >= 0.3 is 6.09 Å². The molecule has 4 aliphatic carbocycles. The number of piperazine rings is 1. The largest absolute Gasteiger partial charge is 0.444 e. The highest BCUT2D eigenvalue weighted by atomic mass is 35.5. The van der Waals surface area contributed by atoms with E-state index < -0.39 is 5.60 Å². The van der Waals surface area contributed by atoms with Gasteiger partial charge in [0.2, 0.25) is 0 Å². The Kier molecular flexibility index (Phi) is 6.20. The quantitative estimate of drug-likeness (QED) is 0.662. The van der Waals surface area contributed by atoms with Crippen LogP contribution < -0.4 is 10.2 Å². The molecule has 1 N–H and O–H groups in total. The molecule has 1 saturated heterocycles. The minimum atomic E-state index is -0.510. The van der Waals surface area contributed by atoms with E-state index in [1.807, 2.05) is 20.8 Å². The summed E-state index contributed by atoms with van der Waals surface area (Å²) in [5, 5.41) is 3.61. The van der Waals surface area contributed by atoms with Crippen LogP contribution in [-0.2, 0) is 4.74 Å². The summed E-state index contributed by atoms with van der Waals surface area (Å²) in [5.41, 5.74) is 0.251. The Morgan fingerprint density at radius 1 is 1.09 bits per heavy atom. The van der Waals surface area contributed by atoms with Gasteiger partial charge in [0.15, 0.2) is 0 Å². The molecule has 7 nitrogen and oxygen atoms in total. The SMILES string of the molecule is CC(C)(C)OC(=O)N1CCN(c2cc(C(=O)NCC34CC5CC(CC(C5)C3)C4)c(Cl)cn2)CC1. The molecule has 8 heteroatoms. The first-order valence-electron chi connectivity index (χ1n) is 12.8. The average molecular weight is 489 g/mol. The number of rotatable bonds is 4. The molecule has 4 saturated carbocycles. The van der Waals surface area contributed by atoms with Crippen molar-refractivity contribution < 1.29 is 14.3 Å². The number of ether oxygens (including phenoxy) is 1. The number of amides is 2. The summed E-state index contributed by atoms with van der Waals surface area (Å²) < 4.78 is 5.48. The molecule has 0 radical (unpaired) electrons. The second kappa shape index (κ2) is 8.89. The van der Waals surface area contributed by atoms with Gasteiger partial charge in [-0.2, -0.15) is 0 Å². The maximum Gasteiger partial charge on any atom is 0.410 e. The van der Waals surface area contributed by atoms with Gasteiger partial charge in [0.25, 0.3) is 5.91 Å². The molecule has 1 aromatic rings. The Morgan fingerprint density at radius 2 is 1.68 bits per heavy atom. The van der Waals surface area contributed by atoms with E-state index in [1.54, 1.807) is 17.2 Å². The van der Waals surface area contributed by atoms with Crippen LogP contribution in [-0.4, -0.2) is 60.2 Å². The topological polar surface area (TPSA) is 74.8 Å². The Morgan fingerprint density at radius 3 is 2.24 bits per heavy atom. The number of halogens is 1. The van der Waals surface area contributed by atoms with Crippen LogP contribution in [0.5, 0.6) is 0 Å². The van der Waals surface area contributed by atoms with Crippen molar-refractivity contribution in [2.45, 2.75) is 64.9 Å². The zero-order valence-electron chi connectivity index (χ0n) is 20.6. The molecule has 4 bridgehead atoms. The van der Waals surface area contributed by atoms with Crippen LogP contribution in [0.15, 0.2) is 12.3 Å². The number of hydrogen-bond acceptors (Lipinski definition) is 5. The molecule has 6 rings (SSSR count). The lowest BCUT2D eigenvalue weighted by Crippen LogP contribution is -2.51. The predicted molar refractivity (Wildman–Crippen MR) is 132 cm³/mol. The second-order valence-corrected chi connectivity index (χ2v) is 12.5.